The van der Waals surface area contributed by atoms with Gasteiger partial charge in [0.05, 0.1) is 38.6 Å². The number of carbonyl (C=O) groups is 1. The van der Waals surface area contributed by atoms with Gasteiger partial charge in [0, 0.05) is 6.42 Å². The van der Waals surface area contributed by atoms with Gasteiger partial charge < -0.3 is 89.9 Å². The third-order valence-corrected chi connectivity index (χ3v) is 15.9. The molecule has 3 heterocycles. The van der Waals surface area contributed by atoms with Crippen molar-refractivity contribution >= 4 is 5.91 Å². The van der Waals surface area contributed by atoms with E-state index in [2.05, 4.69) is 92.1 Å². The molecular formula is C67H115NO18. The Morgan fingerprint density at radius 3 is 1.26 bits per heavy atom. The molecule has 86 heavy (non-hydrogen) atoms. The average molecular weight is 1220 g/mol. The average Bonchev–Trinajstić information content (AvgIpc) is 1.96. The summed E-state index contributed by atoms with van der Waals surface area (Å²) in [6.45, 7) is 1.59. The van der Waals surface area contributed by atoms with Gasteiger partial charge in [-0.2, -0.15) is 0 Å². The van der Waals surface area contributed by atoms with Gasteiger partial charge >= 0.3 is 0 Å². The molecule has 17 unspecified atom stereocenters. The van der Waals surface area contributed by atoms with Gasteiger partial charge in [-0.25, -0.2) is 0 Å². The molecule has 3 aliphatic heterocycles. The molecular weight excluding hydrogens is 1110 g/mol. The summed E-state index contributed by atoms with van der Waals surface area (Å²) in [5.74, 6) is -0.288. The first kappa shape index (κ1) is 77.2. The van der Waals surface area contributed by atoms with Crippen molar-refractivity contribution in [1.29, 1.82) is 0 Å². The number of aliphatic hydroxyl groups is 11. The molecule has 0 aromatic carbocycles. The molecule has 3 rings (SSSR count). The largest absolute Gasteiger partial charge is 0.394 e. The Morgan fingerprint density at radius 1 is 0.430 bits per heavy atom. The molecule has 3 aliphatic rings. The normalized spacial score (nSPS) is 29.3. The number of nitrogens with one attached hydrogen (secondary N) is 1. The fraction of sp³-hybridized carbons (Fsp3) is 0.776. The van der Waals surface area contributed by atoms with E-state index in [9.17, 15) is 61.0 Å². The number of unbranched alkanes of at least 4 members (excludes halogenated alkanes) is 20. The van der Waals surface area contributed by atoms with Crippen LogP contribution in [0.15, 0.2) is 85.1 Å². The quantitative estimate of drug-likeness (QED) is 0.0207. The first-order valence-corrected chi connectivity index (χ1v) is 32.8. The third-order valence-electron chi connectivity index (χ3n) is 15.9. The van der Waals surface area contributed by atoms with Crippen LogP contribution in [-0.2, 0) is 33.2 Å². The molecule has 12 N–H and O–H groups in total. The second-order valence-electron chi connectivity index (χ2n) is 23.2. The van der Waals surface area contributed by atoms with Crippen LogP contribution in [0.25, 0.3) is 0 Å². The molecule has 0 spiro atoms. The zero-order valence-corrected chi connectivity index (χ0v) is 52.0. The smallest absolute Gasteiger partial charge is 0.220 e. The Labute approximate surface area is 514 Å². The van der Waals surface area contributed by atoms with Gasteiger partial charge in [0.1, 0.15) is 73.2 Å². The van der Waals surface area contributed by atoms with E-state index in [1.165, 1.54) is 70.6 Å². The van der Waals surface area contributed by atoms with Crippen LogP contribution in [0.2, 0.25) is 0 Å². The summed E-state index contributed by atoms with van der Waals surface area (Å²) in [7, 11) is 0. The summed E-state index contributed by atoms with van der Waals surface area (Å²) < 4.78 is 34.3. The van der Waals surface area contributed by atoms with Crippen molar-refractivity contribution in [3.63, 3.8) is 0 Å². The van der Waals surface area contributed by atoms with Crippen molar-refractivity contribution in [3.8, 4) is 0 Å². The number of allylic oxidation sites excluding steroid dienone is 13. The van der Waals surface area contributed by atoms with Gasteiger partial charge in [0.15, 0.2) is 18.9 Å². The minimum absolute atomic E-state index is 0.228. The maximum atomic E-state index is 13.4. The second kappa shape index (κ2) is 48.8. The number of amides is 1. The molecule has 3 fully saturated rings. The van der Waals surface area contributed by atoms with E-state index in [1.54, 1.807) is 6.08 Å². The fourth-order valence-electron chi connectivity index (χ4n) is 10.6. The van der Waals surface area contributed by atoms with Crippen molar-refractivity contribution in [2.24, 2.45) is 0 Å². The summed E-state index contributed by atoms with van der Waals surface area (Å²) in [6, 6.07) is -0.982. The molecule has 0 aliphatic carbocycles. The van der Waals surface area contributed by atoms with Crippen molar-refractivity contribution in [3.05, 3.63) is 85.1 Å². The molecule has 17 atom stereocenters. The Balaban J connectivity index is 1.44. The Kier molecular flexibility index (Phi) is 43.8. The molecule has 0 saturated carbocycles. The van der Waals surface area contributed by atoms with Crippen LogP contribution in [0.3, 0.4) is 0 Å². The number of aliphatic hydroxyl groups excluding tert-OH is 11. The van der Waals surface area contributed by atoms with Crippen molar-refractivity contribution in [1.82, 2.24) is 5.32 Å². The number of ether oxygens (including phenoxy) is 6. The molecule has 19 nitrogen and oxygen atoms in total. The minimum atomic E-state index is -1.98. The molecule has 1 amide bonds. The Hall–Kier alpha value is -3.03. The van der Waals surface area contributed by atoms with Crippen LogP contribution >= 0.6 is 0 Å². The van der Waals surface area contributed by atoms with Crippen molar-refractivity contribution < 1.29 is 89.4 Å². The summed E-state index contributed by atoms with van der Waals surface area (Å²) in [4.78, 5) is 13.4. The lowest BCUT2D eigenvalue weighted by Gasteiger charge is -2.48. The first-order chi connectivity index (χ1) is 41.8. The molecule has 0 aromatic rings. The highest BCUT2D eigenvalue weighted by Crippen LogP contribution is 2.33. The number of hydrogen-bond donors (Lipinski definition) is 12. The molecule has 496 valence electrons. The fourth-order valence-corrected chi connectivity index (χ4v) is 10.6. The zero-order chi connectivity index (χ0) is 62.6. The predicted octanol–water partition coefficient (Wildman–Crippen LogP) is 7.54. The molecule has 0 aromatic heterocycles. The van der Waals surface area contributed by atoms with Crippen LogP contribution in [0.4, 0.5) is 0 Å². The van der Waals surface area contributed by atoms with E-state index in [1.807, 2.05) is 6.08 Å². The zero-order valence-electron chi connectivity index (χ0n) is 52.0. The highest BCUT2D eigenvalue weighted by molar-refractivity contribution is 5.76. The predicted molar refractivity (Wildman–Crippen MR) is 332 cm³/mol. The maximum absolute atomic E-state index is 13.4. The lowest BCUT2D eigenvalue weighted by molar-refractivity contribution is -0.379. The van der Waals surface area contributed by atoms with E-state index >= 15 is 0 Å². The Morgan fingerprint density at radius 2 is 0.802 bits per heavy atom. The highest BCUT2D eigenvalue weighted by atomic mass is 16.8. The van der Waals surface area contributed by atoms with E-state index in [0.29, 0.717) is 6.42 Å². The van der Waals surface area contributed by atoms with Crippen LogP contribution in [-0.4, -0.2) is 193 Å². The summed E-state index contributed by atoms with van der Waals surface area (Å²) >= 11 is 0. The van der Waals surface area contributed by atoms with E-state index < -0.39 is 124 Å². The van der Waals surface area contributed by atoms with Gasteiger partial charge in [-0.05, 0) is 70.6 Å². The summed E-state index contributed by atoms with van der Waals surface area (Å²) in [5, 5.41) is 120. The highest BCUT2D eigenvalue weighted by Gasteiger charge is 2.53. The summed E-state index contributed by atoms with van der Waals surface area (Å²) in [5.41, 5.74) is 0. The standard InChI is InChI=1S/C67H115NO18/c1-3-5-7-9-11-13-15-17-19-20-21-22-23-24-25-26-27-28-29-30-31-33-35-37-39-41-43-45-55(73)68-50(51(72)44-42-40-38-36-34-32-18-16-14-12-10-8-6-4-2)49-81-65-61(79)58(76)63(53(47-70)83-65)86-67-62(80)59(77)64(54(48-71)84-67)85-66-60(78)57(75)56(74)52(46-69)82-66/h5,7,11,13,17,19,21-22,24-25,27-28,42,44,50-54,56-67,69-72,74-80H,3-4,6,8-10,12,14-16,18,20,23,26,29-41,43,45-49H2,1-2H3,(H,68,73)/b7-5-,13-11-,19-17-,22-21-,25-24-,28-27-,44-42+. The second-order valence-corrected chi connectivity index (χ2v) is 23.2. The first-order valence-electron chi connectivity index (χ1n) is 32.8. The van der Waals surface area contributed by atoms with Crippen LogP contribution in [0.5, 0.6) is 0 Å². The van der Waals surface area contributed by atoms with Gasteiger partial charge in [0.2, 0.25) is 5.91 Å². The van der Waals surface area contributed by atoms with Gasteiger partial charge in [-0.15, -0.1) is 0 Å². The molecule has 3 saturated heterocycles. The van der Waals surface area contributed by atoms with Crippen molar-refractivity contribution in [2.45, 2.75) is 304 Å². The van der Waals surface area contributed by atoms with E-state index in [-0.39, 0.29) is 18.9 Å². The maximum Gasteiger partial charge on any atom is 0.220 e. The van der Waals surface area contributed by atoms with Gasteiger partial charge in [0.25, 0.3) is 0 Å². The third kappa shape index (κ3) is 31.1. The molecule has 0 bridgehead atoms. The van der Waals surface area contributed by atoms with Crippen LogP contribution in [0.1, 0.15) is 200 Å². The van der Waals surface area contributed by atoms with Crippen LogP contribution < -0.4 is 5.32 Å². The Bertz CT molecular complexity index is 1890. The lowest BCUT2D eigenvalue weighted by atomic mass is 9.96. The van der Waals surface area contributed by atoms with E-state index in [0.717, 1.165) is 103 Å². The monoisotopic (exact) mass is 1220 g/mol. The SMILES string of the molecule is CC/C=C\C/C=C\C/C=C\C/C=C\C/C=C\C/C=C\CCCCCCCCCCC(=O)NC(COC1OC(CO)C(OC2OC(CO)C(OC3OC(CO)C(O)C(O)C3O)C(O)C2O)C(O)C1O)C(O)/C=C/CCCCCCCCCCCCCC. The summed E-state index contributed by atoms with van der Waals surface area (Å²) in [6.07, 6.45) is 34.1. The van der Waals surface area contributed by atoms with Gasteiger partial charge in [-0.3, -0.25) is 4.79 Å². The topological polar surface area (TPSA) is 307 Å². The molecule has 0 radical (unpaired) electrons. The number of rotatable bonds is 48. The molecule has 19 heteroatoms. The van der Waals surface area contributed by atoms with Gasteiger partial charge in [-0.1, -0.05) is 208 Å². The van der Waals surface area contributed by atoms with Crippen molar-refractivity contribution in [2.75, 3.05) is 26.4 Å². The number of carbonyl (C=O) groups excluding carboxylic acids is 1. The van der Waals surface area contributed by atoms with Crippen LogP contribution in [0, 0.1) is 0 Å². The lowest BCUT2D eigenvalue weighted by Crippen LogP contribution is -2.66. The minimum Gasteiger partial charge on any atom is -0.394 e. The number of hydrogen-bond acceptors (Lipinski definition) is 18. The van der Waals surface area contributed by atoms with E-state index in [4.69, 9.17) is 28.4 Å².